The number of aromatic nitrogens is 2. The summed E-state index contributed by atoms with van der Waals surface area (Å²) in [4.78, 5) is 50.9. The third-order valence-electron chi connectivity index (χ3n) is 7.48. The number of nitrogens with one attached hydrogen (secondary N) is 2. The summed E-state index contributed by atoms with van der Waals surface area (Å²) < 4.78 is 9.60. The van der Waals surface area contributed by atoms with Gasteiger partial charge in [-0.2, -0.15) is 0 Å². The molecule has 3 N–H and O–H groups in total. The number of ketones is 1. The second-order valence-electron chi connectivity index (χ2n) is 11.0. The van der Waals surface area contributed by atoms with Gasteiger partial charge in [-0.1, -0.05) is 74.5 Å². The highest BCUT2D eigenvalue weighted by Gasteiger charge is 2.29. The normalized spacial score (nSPS) is 12.0. The lowest BCUT2D eigenvalue weighted by atomic mass is 10.0. The van der Waals surface area contributed by atoms with Crippen LogP contribution in [-0.2, 0) is 59.1 Å². The fourth-order valence-corrected chi connectivity index (χ4v) is 6.19. The van der Waals surface area contributed by atoms with E-state index in [1.807, 2.05) is 74.8 Å². The summed E-state index contributed by atoms with van der Waals surface area (Å²) >= 11 is 1.44. The van der Waals surface area contributed by atoms with Crippen molar-refractivity contribution in [3.8, 4) is 0 Å². The highest BCUT2D eigenvalue weighted by atomic mass is 79.9. The van der Waals surface area contributed by atoms with E-state index in [9.17, 15) is 24.3 Å². The molecule has 0 unspecified atom stereocenters. The lowest BCUT2D eigenvalue weighted by Crippen LogP contribution is -3.00. The maximum atomic E-state index is 13.3. The van der Waals surface area contributed by atoms with Crippen molar-refractivity contribution in [2.75, 3.05) is 5.75 Å². The Morgan fingerprint density at radius 2 is 1.52 bits per heavy atom. The number of carboxylic acids is 1. The number of hydrogen-bond acceptors (Lipinski definition) is 6. The second kappa shape index (κ2) is 19.8. The third kappa shape index (κ3) is 11.6. The Morgan fingerprint density at radius 3 is 2.11 bits per heavy atom. The molecule has 3 aromatic rings. The largest absolute Gasteiger partial charge is 1.00 e. The van der Waals surface area contributed by atoms with Crippen molar-refractivity contribution in [3.05, 3.63) is 83.2 Å². The molecule has 0 aliphatic heterocycles. The highest BCUT2D eigenvalue weighted by molar-refractivity contribution is 7.99. The quantitative estimate of drug-likeness (QED) is 0.134. The molecule has 0 saturated carbocycles. The van der Waals surface area contributed by atoms with Crippen LogP contribution >= 0.6 is 11.8 Å². The van der Waals surface area contributed by atoms with Gasteiger partial charge in [0.25, 0.3) is 0 Å². The minimum absolute atomic E-state index is 0. The highest BCUT2D eigenvalue weighted by Crippen LogP contribution is 2.21. The molecule has 0 radical (unpaired) electrons. The number of rotatable bonds is 18. The van der Waals surface area contributed by atoms with E-state index in [4.69, 9.17) is 4.74 Å². The van der Waals surface area contributed by atoms with E-state index in [2.05, 4.69) is 33.6 Å². The lowest BCUT2D eigenvalue weighted by Gasteiger charge is -2.21. The van der Waals surface area contributed by atoms with Crippen molar-refractivity contribution >= 4 is 35.5 Å². The average molecular weight is 718 g/mol. The molecule has 46 heavy (non-hydrogen) atoms. The summed E-state index contributed by atoms with van der Waals surface area (Å²) in [6.07, 6.45) is 3.21. The number of Topliss-reactive ketones (excluding diaryl/α,β-unsaturated/α-hetero) is 1. The number of carbonyl (C=O) groups is 4. The number of benzene rings is 2. The van der Waals surface area contributed by atoms with Crippen LogP contribution in [-0.4, -0.2) is 51.3 Å². The zero-order valence-electron chi connectivity index (χ0n) is 27.0. The van der Waals surface area contributed by atoms with Gasteiger partial charge in [0.15, 0.2) is 0 Å². The van der Waals surface area contributed by atoms with Gasteiger partial charge < -0.3 is 37.5 Å². The van der Waals surface area contributed by atoms with Gasteiger partial charge in [-0.05, 0) is 42.2 Å². The minimum Gasteiger partial charge on any atom is -1.00 e. The predicted molar refractivity (Wildman–Crippen MR) is 173 cm³/mol. The molecule has 0 saturated heterocycles. The van der Waals surface area contributed by atoms with E-state index in [0.717, 1.165) is 42.0 Å². The summed E-state index contributed by atoms with van der Waals surface area (Å²) in [7, 11) is 4.04. The Kier molecular flexibility index (Phi) is 16.6. The van der Waals surface area contributed by atoms with Gasteiger partial charge in [-0.3, -0.25) is 9.59 Å². The van der Waals surface area contributed by atoms with Gasteiger partial charge in [0, 0.05) is 25.7 Å². The SMILES string of the molecule is CCCc1c(CCC)[n+](C)c(SCC(=O)CC[C@H](NC(=O)[C@H](Cc2ccccc2)NC(=O)OCc2ccccc2)C(=O)O)n1C.[Br-]. The van der Waals surface area contributed by atoms with Crippen LogP contribution in [0, 0.1) is 0 Å². The molecule has 0 bridgehead atoms. The van der Waals surface area contributed by atoms with Crippen LogP contribution in [0.2, 0.25) is 0 Å². The fourth-order valence-electron chi connectivity index (χ4n) is 5.15. The first-order chi connectivity index (χ1) is 21.6. The zero-order chi connectivity index (χ0) is 32.8. The molecular weight excluding hydrogens is 672 g/mol. The first-order valence-corrected chi connectivity index (χ1v) is 16.4. The number of thioether (sulfide) groups is 1. The number of hydrogen-bond donors (Lipinski definition) is 3. The standard InChI is InChI=1S/C34H44N4O6S.BrH/c1-5-13-29-30(14-6-2)38(4)34(37(29)3)45-23-26(39)19-20-27(32(41)42)35-31(40)28(21-24-15-9-7-10-16-24)36-33(43)44-22-25-17-11-8-12-18-25;/h7-12,15-18,27-28H,5-6,13-14,19-23H2,1-4H3,(H2-,35,36,40,41,42,43);1H/t27-,28-;/m0./s1. The van der Waals surface area contributed by atoms with Gasteiger partial charge in [-0.25, -0.2) is 18.7 Å². The van der Waals surface area contributed by atoms with Crippen LogP contribution in [0.5, 0.6) is 0 Å². The summed E-state index contributed by atoms with van der Waals surface area (Å²) in [6, 6.07) is 15.8. The first-order valence-electron chi connectivity index (χ1n) is 15.4. The average Bonchev–Trinajstić information content (AvgIpc) is 3.25. The molecule has 10 nitrogen and oxygen atoms in total. The van der Waals surface area contributed by atoms with Crippen molar-refractivity contribution < 1.29 is 50.6 Å². The van der Waals surface area contributed by atoms with Crippen molar-refractivity contribution in [3.63, 3.8) is 0 Å². The minimum atomic E-state index is -1.30. The predicted octanol–water partition coefficient (Wildman–Crippen LogP) is 1.31. The number of alkyl carbamates (subject to hydrolysis) is 1. The Morgan fingerprint density at radius 1 is 0.913 bits per heavy atom. The van der Waals surface area contributed by atoms with Crippen LogP contribution in [0.25, 0.3) is 0 Å². The molecule has 250 valence electrons. The summed E-state index contributed by atoms with van der Waals surface area (Å²) in [5, 5.41) is 15.9. The van der Waals surface area contributed by atoms with Crippen molar-refractivity contribution in [1.82, 2.24) is 15.2 Å². The third-order valence-corrected chi connectivity index (χ3v) is 8.76. The topological polar surface area (TPSA) is 131 Å². The van der Waals surface area contributed by atoms with E-state index >= 15 is 0 Å². The molecule has 2 amide bonds. The van der Waals surface area contributed by atoms with Crippen LogP contribution in [0.3, 0.4) is 0 Å². The van der Waals surface area contributed by atoms with Gasteiger partial charge in [0.2, 0.25) is 5.91 Å². The smallest absolute Gasteiger partial charge is 0.408 e. The van der Waals surface area contributed by atoms with E-state index in [1.165, 1.54) is 23.1 Å². The molecule has 12 heteroatoms. The maximum absolute atomic E-state index is 13.3. The summed E-state index contributed by atoms with van der Waals surface area (Å²) in [5.74, 6) is -1.85. The van der Waals surface area contributed by atoms with Crippen molar-refractivity contribution in [1.29, 1.82) is 0 Å². The van der Waals surface area contributed by atoms with Gasteiger partial charge in [-0.15, -0.1) is 0 Å². The Hall–Kier alpha value is -3.64. The van der Waals surface area contributed by atoms with Crippen molar-refractivity contribution in [2.45, 2.75) is 82.6 Å². The number of carbonyl (C=O) groups excluding carboxylic acids is 3. The molecule has 3 rings (SSSR count). The van der Waals surface area contributed by atoms with Crippen LogP contribution < -0.4 is 32.2 Å². The number of nitrogens with zero attached hydrogens (tertiary/aromatic N) is 2. The Bertz CT molecular complexity index is 1400. The molecule has 1 heterocycles. The fraction of sp³-hybridized carbons (Fsp3) is 0.441. The first kappa shape index (κ1) is 38.5. The number of amides is 2. The molecule has 1 aromatic heterocycles. The molecular formula is C34H45BrN4O6S. The molecule has 0 fully saturated rings. The summed E-state index contributed by atoms with van der Waals surface area (Å²) in [6.45, 7) is 4.31. The molecule has 0 aliphatic rings. The number of halogens is 1. The molecule has 0 aliphatic carbocycles. The van der Waals surface area contributed by atoms with Crippen LogP contribution in [0.4, 0.5) is 4.79 Å². The molecule has 0 spiro atoms. The second-order valence-corrected chi connectivity index (χ2v) is 12.0. The van der Waals surface area contributed by atoms with E-state index < -0.39 is 30.1 Å². The van der Waals surface area contributed by atoms with Crippen LogP contribution in [0.1, 0.15) is 62.0 Å². The van der Waals surface area contributed by atoms with Gasteiger partial charge >= 0.3 is 17.2 Å². The summed E-state index contributed by atoms with van der Waals surface area (Å²) in [5.41, 5.74) is 4.11. The lowest BCUT2D eigenvalue weighted by molar-refractivity contribution is -0.716. The number of aliphatic carboxylic acids is 1. The Labute approximate surface area is 286 Å². The van der Waals surface area contributed by atoms with Gasteiger partial charge in [0.05, 0.1) is 19.8 Å². The van der Waals surface area contributed by atoms with Gasteiger partial charge in [0.1, 0.15) is 35.9 Å². The Balaban J connectivity index is 0.00000736. The van der Waals surface area contributed by atoms with Crippen LogP contribution in [0.15, 0.2) is 65.8 Å². The maximum Gasteiger partial charge on any atom is 0.408 e. The zero-order valence-corrected chi connectivity index (χ0v) is 29.4. The number of ether oxygens (including phenoxy) is 1. The van der Waals surface area contributed by atoms with Crippen molar-refractivity contribution in [2.24, 2.45) is 14.1 Å². The molecule has 2 aromatic carbocycles. The molecule has 2 atom stereocenters. The van der Waals surface area contributed by atoms with E-state index in [-0.39, 0.29) is 54.4 Å². The number of carboxylic acid groups (broad SMARTS) is 1. The monoisotopic (exact) mass is 716 g/mol. The van der Waals surface area contributed by atoms with E-state index in [0.29, 0.717) is 0 Å². The van der Waals surface area contributed by atoms with E-state index in [1.54, 1.807) is 0 Å². The number of imidazole rings is 1.